The van der Waals surface area contributed by atoms with Crippen molar-refractivity contribution in [3.8, 4) is 0 Å². The number of likely N-dealkylation sites (tertiary alicyclic amines) is 2. The van der Waals surface area contributed by atoms with Crippen LogP contribution >= 0.6 is 0 Å². The number of allylic oxidation sites excluding steroid dienone is 1. The normalized spacial score (nSPS) is 30.0. The Hall–Kier alpha value is -1.40. The highest BCUT2D eigenvalue weighted by atomic mass is 16.6. The minimum absolute atomic E-state index is 0.0752. The van der Waals surface area contributed by atoms with E-state index in [1.54, 1.807) is 0 Å². The molecule has 3 aliphatic rings. The molecule has 6 nitrogen and oxygen atoms in total. The lowest BCUT2D eigenvalue weighted by Crippen LogP contribution is -2.43. The molecule has 0 aliphatic carbocycles. The summed E-state index contributed by atoms with van der Waals surface area (Å²) in [4.78, 5) is 21.2. The van der Waals surface area contributed by atoms with Gasteiger partial charge in [-0.25, -0.2) is 4.79 Å². The molecule has 2 saturated heterocycles. The van der Waals surface area contributed by atoms with E-state index in [4.69, 9.17) is 9.47 Å². The fraction of sp³-hybridized carbons (Fsp3) is 0.818. The smallest absolute Gasteiger partial charge is 0.409 e. The zero-order valence-corrected chi connectivity index (χ0v) is 17.8. The summed E-state index contributed by atoms with van der Waals surface area (Å²) in [5, 5.41) is 0. The van der Waals surface area contributed by atoms with Crippen molar-refractivity contribution >= 4 is 12.3 Å². The lowest BCUT2D eigenvalue weighted by atomic mass is 9.84. The highest BCUT2D eigenvalue weighted by Crippen LogP contribution is 2.33. The molecule has 3 rings (SSSR count). The molecule has 158 valence electrons. The van der Waals surface area contributed by atoms with Crippen molar-refractivity contribution in [1.82, 2.24) is 9.80 Å². The van der Waals surface area contributed by atoms with Gasteiger partial charge in [-0.1, -0.05) is 13.0 Å². The third kappa shape index (κ3) is 5.35. The predicted octanol–water partition coefficient (Wildman–Crippen LogP) is 3.72. The van der Waals surface area contributed by atoms with E-state index in [0.717, 1.165) is 39.0 Å². The average Bonchev–Trinajstić information content (AvgIpc) is 2.96. The molecule has 3 atom stereocenters. The third-order valence-corrected chi connectivity index (χ3v) is 6.26. The van der Waals surface area contributed by atoms with Crippen LogP contribution in [0.15, 0.2) is 16.6 Å². The van der Waals surface area contributed by atoms with E-state index in [-0.39, 0.29) is 12.3 Å². The molecule has 1 amide bonds. The number of carbonyl (C=O) groups is 1. The van der Waals surface area contributed by atoms with Gasteiger partial charge in [-0.15, -0.1) is 0 Å². The quantitative estimate of drug-likeness (QED) is 0.670. The molecule has 0 aromatic carbocycles. The molecule has 3 heterocycles. The molecule has 28 heavy (non-hydrogen) atoms. The molecule has 0 N–H and O–H groups in total. The van der Waals surface area contributed by atoms with E-state index in [0.29, 0.717) is 31.1 Å². The highest BCUT2D eigenvalue weighted by Gasteiger charge is 2.32. The van der Waals surface area contributed by atoms with Crippen LogP contribution in [0, 0.1) is 11.8 Å². The van der Waals surface area contributed by atoms with Gasteiger partial charge in [0.15, 0.2) is 6.23 Å². The van der Waals surface area contributed by atoms with Crippen LogP contribution in [0.1, 0.15) is 52.9 Å². The fourth-order valence-electron chi connectivity index (χ4n) is 4.80. The Balaban J connectivity index is 1.52. The maximum Gasteiger partial charge on any atom is 0.409 e. The Morgan fingerprint density at radius 3 is 2.61 bits per heavy atom. The van der Waals surface area contributed by atoms with Crippen LogP contribution in [0.4, 0.5) is 4.79 Å². The first-order chi connectivity index (χ1) is 13.6. The zero-order chi connectivity index (χ0) is 19.9. The molecule has 0 saturated carbocycles. The Labute approximate surface area is 169 Å². The molecule has 0 radical (unpaired) electrons. The molecule has 0 bridgehead atoms. The van der Waals surface area contributed by atoms with Crippen molar-refractivity contribution in [2.24, 2.45) is 16.8 Å². The van der Waals surface area contributed by atoms with Gasteiger partial charge in [-0.05, 0) is 70.5 Å². The van der Waals surface area contributed by atoms with Crippen molar-refractivity contribution < 1.29 is 14.3 Å². The standard InChI is InChI=1S/C22H37N3O3/c1-4-27-21-20(15-17(3)16-23-21)18-8-12-24(13-9-18)19-7-6-11-25(14-10-19)22(26)28-5-2/h15-19,21H,4-14H2,1-3H3. The van der Waals surface area contributed by atoms with Crippen LogP contribution < -0.4 is 0 Å². The molecule has 0 spiro atoms. The van der Waals surface area contributed by atoms with Gasteiger partial charge in [-0.3, -0.25) is 4.99 Å². The van der Waals surface area contributed by atoms with Gasteiger partial charge in [0.25, 0.3) is 0 Å². The number of aliphatic imine (C=N–C) groups is 1. The van der Waals surface area contributed by atoms with Gasteiger partial charge >= 0.3 is 6.09 Å². The van der Waals surface area contributed by atoms with Crippen LogP contribution in [-0.2, 0) is 9.47 Å². The van der Waals surface area contributed by atoms with Crippen molar-refractivity contribution in [2.45, 2.75) is 65.1 Å². The highest BCUT2D eigenvalue weighted by molar-refractivity contribution is 5.67. The van der Waals surface area contributed by atoms with Crippen LogP contribution in [0.25, 0.3) is 0 Å². The van der Waals surface area contributed by atoms with Gasteiger partial charge < -0.3 is 19.3 Å². The van der Waals surface area contributed by atoms with Crippen molar-refractivity contribution in [2.75, 3.05) is 39.4 Å². The first-order valence-electron chi connectivity index (χ1n) is 11.1. The Morgan fingerprint density at radius 2 is 1.89 bits per heavy atom. The minimum atomic E-state index is -0.150. The first-order valence-corrected chi connectivity index (χ1v) is 11.1. The van der Waals surface area contributed by atoms with Gasteiger partial charge in [0.05, 0.1) is 6.61 Å². The predicted molar refractivity (Wildman–Crippen MR) is 112 cm³/mol. The summed E-state index contributed by atoms with van der Waals surface area (Å²) in [6, 6.07) is 0.584. The number of dihydropyridines is 1. The van der Waals surface area contributed by atoms with E-state index in [1.807, 2.05) is 25.0 Å². The summed E-state index contributed by atoms with van der Waals surface area (Å²) in [7, 11) is 0. The summed E-state index contributed by atoms with van der Waals surface area (Å²) < 4.78 is 11.1. The van der Waals surface area contributed by atoms with Gasteiger partial charge in [-0.2, -0.15) is 0 Å². The number of hydrogen-bond donors (Lipinski definition) is 0. The van der Waals surface area contributed by atoms with Crippen LogP contribution in [0.2, 0.25) is 0 Å². The summed E-state index contributed by atoms with van der Waals surface area (Å²) in [5.41, 5.74) is 1.39. The Morgan fingerprint density at radius 1 is 1.11 bits per heavy atom. The van der Waals surface area contributed by atoms with E-state index in [2.05, 4.69) is 22.9 Å². The van der Waals surface area contributed by atoms with Crippen LogP contribution in [0.5, 0.6) is 0 Å². The second-order valence-corrected chi connectivity index (χ2v) is 8.21. The Kier molecular flexibility index (Phi) is 7.91. The number of nitrogens with zero attached hydrogens (tertiary/aromatic N) is 3. The molecular formula is C22H37N3O3. The van der Waals surface area contributed by atoms with Crippen molar-refractivity contribution in [1.29, 1.82) is 0 Å². The third-order valence-electron chi connectivity index (χ3n) is 6.26. The van der Waals surface area contributed by atoms with Crippen molar-refractivity contribution in [3.05, 3.63) is 11.6 Å². The number of ether oxygens (including phenoxy) is 2. The van der Waals surface area contributed by atoms with E-state index in [1.165, 1.54) is 24.8 Å². The molecule has 0 aromatic heterocycles. The second-order valence-electron chi connectivity index (χ2n) is 8.21. The maximum absolute atomic E-state index is 12.0. The lowest BCUT2D eigenvalue weighted by molar-refractivity contribution is 0.0723. The molecule has 0 aromatic rings. The van der Waals surface area contributed by atoms with E-state index >= 15 is 0 Å². The summed E-state index contributed by atoms with van der Waals surface area (Å²) in [5.74, 6) is 0.981. The average molecular weight is 392 g/mol. The SMILES string of the molecule is CCOC(=O)N1CCCC(N2CCC(C3=CC(C)C=NC3OCC)CC2)CC1. The van der Waals surface area contributed by atoms with Crippen LogP contribution in [0.3, 0.4) is 0 Å². The van der Waals surface area contributed by atoms with E-state index < -0.39 is 0 Å². The monoisotopic (exact) mass is 391 g/mol. The van der Waals surface area contributed by atoms with Crippen molar-refractivity contribution in [3.63, 3.8) is 0 Å². The molecule has 2 fully saturated rings. The number of hydrogen-bond acceptors (Lipinski definition) is 5. The topological polar surface area (TPSA) is 54.4 Å². The largest absolute Gasteiger partial charge is 0.450 e. The number of rotatable bonds is 5. The zero-order valence-electron chi connectivity index (χ0n) is 17.8. The molecule has 6 heteroatoms. The number of amides is 1. The molecule has 3 unspecified atom stereocenters. The van der Waals surface area contributed by atoms with Gasteiger partial charge in [0.1, 0.15) is 0 Å². The van der Waals surface area contributed by atoms with Gasteiger partial charge in [0.2, 0.25) is 0 Å². The summed E-state index contributed by atoms with van der Waals surface area (Å²) >= 11 is 0. The molecular weight excluding hydrogens is 354 g/mol. The maximum atomic E-state index is 12.0. The summed E-state index contributed by atoms with van der Waals surface area (Å²) in [6.07, 6.45) is 9.80. The minimum Gasteiger partial charge on any atom is -0.450 e. The summed E-state index contributed by atoms with van der Waals surface area (Å²) in [6.45, 7) is 11.1. The van der Waals surface area contributed by atoms with E-state index in [9.17, 15) is 4.79 Å². The lowest BCUT2D eigenvalue weighted by Gasteiger charge is -2.39. The Bertz CT molecular complexity index is 569. The first kappa shape index (κ1) is 21.3. The fourth-order valence-corrected chi connectivity index (χ4v) is 4.80. The molecule has 3 aliphatic heterocycles. The number of carbonyl (C=O) groups excluding carboxylic acids is 1. The van der Waals surface area contributed by atoms with Gasteiger partial charge in [0, 0.05) is 37.9 Å². The number of piperidine rings is 1. The van der Waals surface area contributed by atoms with Crippen LogP contribution in [-0.4, -0.2) is 73.8 Å². The second kappa shape index (κ2) is 10.4.